The fraction of sp³-hybridized carbons (Fsp3) is 0.154. The molecule has 0 unspecified atom stereocenters. The standard InChI is InChI=1S/C13H13N3S/c1-8-12(17-13(14)16-8)6-9-7-15-11-5-3-2-4-10(9)11/h2-5,7,15H,6H2,1H3,(H2,14,16). The Balaban J connectivity index is 2.03. The highest BCUT2D eigenvalue weighted by molar-refractivity contribution is 7.15. The predicted molar refractivity (Wildman–Crippen MR) is 72.4 cm³/mol. The van der Waals surface area contributed by atoms with Gasteiger partial charge in [0.1, 0.15) is 0 Å². The number of rotatable bonds is 2. The molecule has 0 aliphatic heterocycles. The fourth-order valence-electron chi connectivity index (χ4n) is 2.07. The van der Waals surface area contributed by atoms with Gasteiger partial charge in [0.05, 0.1) is 5.69 Å². The molecule has 0 radical (unpaired) electrons. The van der Waals surface area contributed by atoms with Crippen molar-refractivity contribution in [1.29, 1.82) is 0 Å². The summed E-state index contributed by atoms with van der Waals surface area (Å²) < 4.78 is 0. The summed E-state index contributed by atoms with van der Waals surface area (Å²) in [5.74, 6) is 0. The van der Waals surface area contributed by atoms with Crippen LogP contribution in [0.2, 0.25) is 0 Å². The van der Waals surface area contributed by atoms with E-state index in [9.17, 15) is 0 Å². The number of hydrogen-bond donors (Lipinski definition) is 2. The normalized spacial score (nSPS) is 11.1. The van der Waals surface area contributed by atoms with Crippen molar-refractivity contribution < 1.29 is 0 Å². The van der Waals surface area contributed by atoms with Crippen LogP contribution in [-0.4, -0.2) is 9.97 Å². The minimum atomic E-state index is 0.650. The van der Waals surface area contributed by atoms with E-state index in [2.05, 4.69) is 34.4 Å². The summed E-state index contributed by atoms with van der Waals surface area (Å²) in [6.45, 7) is 2.01. The summed E-state index contributed by atoms with van der Waals surface area (Å²) in [6, 6.07) is 8.33. The first-order valence-electron chi connectivity index (χ1n) is 5.51. The Hall–Kier alpha value is -1.81. The van der Waals surface area contributed by atoms with E-state index in [1.807, 2.05) is 13.0 Å². The van der Waals surface area contributed by atoms with Gasteiger partial charge in [-0.15, -0.1) is 11.3 Å². The minimum absolute atomic E-state index is 0.650. The molecule has 0 atom stereocenters. The maximum Gasteiger partial charge on any atom is 0.180 e. The van der Waals surface area contributed by atoms with Crippen molar-refractivity contribution in [2.75, 3.05) is 5.73 Å². The first-order chi connectivity index (χ1) is 8.24. The highest BCUT2D eigenvalue weighted by Crippen LogP contribution is 2.26. The lowest BCUT2D eigenvalue weighted by Crippen LogP contribution is -1.86. The molecule has 0 spiro atoms. The highest BCUT2D eigenvalue weighted by atomic mass is 32.1. The van der Waals surface area contributed by atoms with Crippen molar-refractivity contribution in [3.05, 3.63) is 46.6 Å². The monoisotopic (exact) mass is 243 g/mol. The van der Waals surface area contributed by atoms with Gasteiger partial charge in [-0.25, -0.2) is 4.98 Å². The second-order valence-electron chi connectivity index (χ2n) is 4.10. The summed E-state index contributed by atoms with van der Waals surface area (Å²) >= 11 is 1.57. The second-order valence-corrected chi connectivity index (χ2v) is 5.21. The van der Waals surface area contributed by atoms with Crippen molar-refractivity contribution in [2.45, 2.75) is 13.3 Å². The van der Waals surface area contributed by atoms with Crippen molar-refractivity contribution in [1.82, 2.24) is 9.97 Å². The number of aryl methyl sites for hydroxylation is 1. The van der Waals surface area contributed by atoms with Gasteiger partial charge in [-0.05, 0) is 18.6 Å². The average molecular weight is 243 g/mol. The number of fused-ring (bicyclic) bond motifs is 1. The Bertz CT molecular complexity index is 666. The molecule has 0 aliphatic rings. The largest absolute Gasteiger partial charge is 0.375 e. The lowest BCUT2D eigenvalue weighted by molar-refractivity contribution is 1.16. The number of thiazole rings is 1. The average Bonchev–Trinajstić information content (AvgIpc) is 2.85. The Morgan fingerprint density at radius 3 is 2.94 bits per heavy atom. The zero-order chi connectivity index (χ0) is 11.8. The van der Waals surface area contributed by atoms with E-state index in [0.717, 1.165) is 12.1 Å². The van der Waals surface area contributed by atoms with Crippen LogP contribution in [0.3, 0.4) is 0 Å². The third-order valence-corrected chi connectivity index (χ3v) is 3.92. The van der Waals surface area contributed by atoms with Crippen LogP contribution in [0.4, 0.5) is 5.13 Å². The molecule has 0 amide bonds. The molecule has 86 valence electrons. The van der Waals surface area contributed by atoms with E-state index in [1.165, 1.54) is 21.3 Å². The summed E-state index contributed by atoms with van der Waals surface area (Å²) in [4.78, 5) is 8.79. The van der Waals surface area contributed by atoms with Crippen molar-refractivity contribution in [3.8, 4) is 0 Å². The highest BCUT2D eigenvalue weighted by Gasteiger charge is 2.09. The lowest BCUT2D eigenvalue weighted by Gasteiger charge is -1.97. The number of aromatic amines is 1. The SMILES string of the molecule is Cc1nc(N)sc1Cc1c[nH]c2ccccc12. The molecule has 17 heavy (non-hydrogen) atoms. The molecule has 0 saturated carbocycles. The number of para-hydroxylation sites is 1. The molecule has 1 aromatic carbocycles. The molecule has 0 aliphatic carbocycles. The summed E-state index contributed by atoms with van der Waals surface area (Å²) in [5, 5.41) is 1.93. The van der Waals surface area contributed by atoms with Crippen LogP contribution < -0.4 is 5.73 Å². The van der Waals surface area contributed by atoms with E-state index in [0.29, 0.717) is 5.13 Å². The molecule has 3 N–H and O–H groups in total. The van der Waals surface area contributed by atoms with E-state index >= 15 is 0 Å². The maximum absolute atomic E-state index is 5.72. The van der Waals surface area contributed by atoms with Gasteiger partial charge in [0.2, 0.25) is 0 Å². The minimum Gasteiger partial charge on any atom is -0.375 e. The van der Waals surface area contributed by atoms with Gasteiger partial charge in [0.15, 0.2) is 5.13 Å². The molecule has 3 aromatic rings. The van der Waals surface area contributed by atoms with Crippen LogP contribution in [0.25, 0.3) is 10.9 Å². The number of hydrogen-bond acceptors (Lipinski definition) is 3. The van der Waals surface area contributed by atoms with Gasteiger partial charge in [0.25, 0.3) is 0 Å². The van der Waals surface area contributed by atoms with E-state index in [4.69, 9.17) is 5.73 Å². The molecule has 0 saturated heterocycles. The van der Waals surface area contributed by atoms with Crippen molar-refractivity contribution in [2.24, 2.45) is 0 Å². The van der Waals surface area contributed by atoms with Gasteiger partial charge in [-0.2, -0.15) is 0 Å². The predicted octanol–water partition coefficient (Wildman–Crippen LogP) is 3.11. The van der Waals surface area contributed by atoms with E-state index < -0.39 is 0 Å². The van der Waals surface area contributed by atoms with Gasteiger partial charge < -0.3 is 10.7 Å². The quantitative estimate of drug-likeness (QED) is 0.726. The van der Waals surface area contributed by atoms with Gasteiger partial charge in [-0.1, -0.05) is 18.2 Å². The smallest absolute Gasteiger partial charge is 0.180 e. The molecular weight excluding hydrogens is 230 g/mol. The molecule has 0 bridgehead atoms. The van der Waals surface area contributed by atoms with Gasteiger partial charge >= 0.3 is 0 Å². The van der Waals surface area contributed by atoms with Crippen molar-refractivity contribution >= 4 is 27.4 Å². The lowest BCUT2D eigenvalue weighted by atomic mass is 10.1. The number of nitrogen functional groups attached to an aromatic ring is 1. The summed E-state index contributed by atoms with van der Waals surface area (Å²) in [5.41, 5.74) is 9.24. The molecule has 4 heteroatoms. The van der Waals surface area contributed by atoms with E-state index in [-0.39, 0.29) is 0 Å². The molecule has 3 rings (SSSR count). The molecule has 3 nitrogen and oxygen atoms in total. The van der Waals surface area contributed by atoms with Crippen LogP contribution in [-0.2, 0) is 6.42 Å². The number of H-pyrrole nitrogens is 1. The van der Waals surface area contributed by atoms with Gasteiger partial charge in [0, 0.05) is 28.4 Å². The molecule has 0 fully saturated rings. The van der Waals surface area contributed by atoms with E-state index in [1.54, 1.807) is 11.3 Å². The number of nitrogens with two attached hydrogens (primary N) is 1. The van der Waals surface area contributed by atoms with Gasteiger partial charge in [-0.3, -0.25) is 0 Å². The van der Waals surface area contributed by atoms with Crippen LogP contribution in [0.1, 0.15) is 16.1 Å². The summed E-state index contributed by atoms with van der Waals surface area (Å²) in [6.07, 6.45) is 2.96. The molecule has 2 aromatic heterocycles. The topological polar surface area (TPSA) is 54.7 Å². The number of anilines is 1. The Labute approximate surface area is 103 Å². The summed E-state index contributed by atoms with van der Waals surface area (Å²) in [7, 11) is 0. The van der Waals surface area contributed by atoms with Crippen LogP contribution in [0, 0.1) is 6.92 Å². The second kappa shape index (κ2) is 3.89. The van der Waals surface area contributed by atoms with Crippen molar-refractivity contribution in [3.63, 3.8) is 0 Å². The Morgan fingerprint density at radius 1 is 1.35 bits per heavy atom. The third kappa shape index (κ3) is 1.80. The Kier molecular flexibility index (Phi) is 2.37. The van der Waals surface area contributed by atoms with Crippen LogP contribution in [0.15, 0.2) is 30.5 Å². The molecule has 2 heterocycles. The Morgan fingerprint density at radius 2 is 2.18 bits per heavy atom. The third-order valence-electron chi connectivity index (χ3n) is 2.94. The van der Waals surface area contributed by atoms with Crippen LogP contribution in [0.5, 0.6) is 0 Å². The first kappa shape index (κ1) is 10.4. The van der Waals surface area contributed by atoms with Crippen LogP contribution >= 0.6 is 11.3 Å². The maximum atomic E-state index is 5.72. The zero-order valence-electron chi connectivity index (χ0n) is 9.53. The fourth-order valence-corrected chi connectivity index (χ4v) is 2.92. The number of nitrogens with one attached hydrogen (secondary N) is 1. The number of benzene rings is 1. The number of aromatic nitrogens is 2. The number of nitrogens with zero attached hydrogens (tertiary/aromatic N) is 1. The first-order valence-corrected chi connectivity index (χ1v) is 6.32. The molecular formula is C13H13N3S. The zero-order valence-corrected chi connectivity index (χ0v) is 10.3.